The molecule has 2 aromatic heterocycles. The summed E-state index contributed by atoms with van der Waals surface area (Å²) in [5.74, 6) is -2.20. The van der Waals surface area contributed by atoms with Crippen LogP contribution in [-0.4, -0.2) is 52.1 Å². The Labute approximate surface area is 221 Å². The molecule has 200 valence electrons. The highest BCUT2D eigenvalue weighted by molar-refractivity contribution is 5.95. The summed E-state index contributed by atoms with van der Waals surface area (Å²) in [7, 11) is 0. The molecule has 0 unspecified atom stereocenters. The number of ether oxygens (including phenoxy) is 2. The minimum atomic E-state index is -1.16. The van der Waals surface area contributed by atoms with Gasteiger partial charge in [0.25, 0.3) is 0 Å². The molecule has 1 amide bonds. The highest BCUT2D eigenvalue weighted by Crippen LogP contribution is 2.32. The molecule has 1 aromatic carbocycles. The fourth-order valence-corrected chi connectivity index (χ4v) is 3.76. The van der Waals surface area contributed by atoms with Crippen molar-refractivity contribution >= 4 is 24.2 Å². The van der Waals surface area contributed by atoms with E-state index in [4.69, 9.17) is 14.3 Å². The number of anilines is 1. The molecular formula is C28H32N4O6. The van der Waals surface area contributed by atoms with Gasteiger partial charge in [0.2, 0.25) is 6.41 Å². The third-order valence-corrected chi connectivity index (χ3v) is 5.32. The van der Waals surface area contributed by atoms with Crippen LogP contribution < -0.4 is 5.06 Å². The van der Waals surface area contributed by atoms with Gasteiger partial charge in [0.05, 0.1) is 18.8 Å². The lowest BCUT2D eigenvalue weighted by Gasteiger charge is -2.26. The highest BCUT2D eigenvalue weighted by atomic mass is 16.7. The van der Waals surface area contributed by atoms with Crippen molar-refractivity contribution in [3.05, 3.63) is 60.8 Å². The van der Waals surface area contributed by atoms with Crippen molar-refractivity contribution in [2.75, 3.05) is 18.3 Å². The summed E-state index contributed by atoms with van der Waals surface area (Å²) in [4.78, 5) is 55.5. The topological polar surface area (TPSA) is 121 Å². The Hall–Kier alpha value is -4.18. The summed E-state index contributed by atoms with van der Waals surface area (Å²) in [6.07, 6.45) is 6.93. The normalized spacial score (nSPS) is 11.2. The molecule has 10 nitrogen and oxygen atoms in total. The zero-order valence-electron chi connectivity index (χ0n) is 22.2. The molecule has 3 rings (SSSR count). The third kappa shape index (κ3) is 7.42. The zero-order chi connectivity index (χ0) is 27.7. The number of aromatic nitrogens is 3. The number of pyridine rings is 1. The first kappa shape index (κ1) is 28.4. The van der Waals surface area contributed by atoms with E-state index in [9.17, 15) is 14.4 Å². The predicted molar refractivity (Wildman–Crippen MR) is 141 cm³/mol. The molecule has 38 heavy (non-hydrogen) atoms. The molecule has 0 aliphatic rings. The van der Waals surface area contributed by atoms with Crippen molar-refractivity contribution < 1.29 is 28.7 Å². The number of benzene rings is 1. The molecule has 0 bridgehead atoms. The quantitative estimate of drug-likeness (QED) is 0.159. The van der Waals surface area contributed by atoms with Gasteiger partial charge in [-0.3, -0.25) is 19.2 Å². The summed E-state index contributed by atoms with van der Waals surface area (Å²) in [6.45, 7) is 9.09. The summed E-state index contributed by atoms with van der Waals surface area (Å²) in [6, 6.07) is 9.12. The van der Waals surface area contributed by atoms with E-state index < -0.39 is 23.5 Å². The Kier molecular flexibility index (Phi) is 9.61. The van der Waals surface area contributed by atoms with Gasteiger partial charge < -0.3 is 9.47 Å². The highest BCUT2D eigenvalue weighted by Gasteiger charge is 2.31. The van der Waals surface area contributed by atoms with E-state index in [0.717, 1.165) is 21.8 Å². The maximum Gasteiger partial charge on any atom is 0.320 e. The first-order valence-electron chi connectivity index (χ1n) is 12.3. The average Bonchev–Trinajstić information content (AvgIpc) is 2.90. The van der Waals surface area contributed by atoms with Crippen LogP contribution in [0.3, 0.4) is 0 Å². The molecular weight excluding hydrogens is 488 g/mol. The molecule has 0 fully saturated rings. The Bertz CT molecular complexity index is 1240. The fraction of sp³-hybridized carbons (Fsp3) is 0.357. The number of hydrogen-bond acceptors (Lipinski definition) is 9. The molecule has 3 aromatic rings. The van der Waals surface area contributed by atoms with Crippen LogP contribution in [0.2, 0.25) is 0 Å². The lowest BCUT2D eigenvalue weighted by Crippen LogP contribution is -2.33. The number of carbonyl (C=O) groups excluding carboxylic acids is 3. The van der Waals surface area contributed by atoms with Crippen molar-refractivity contribution in [3.63, 3.8) is 0 Å². The second kappa shape index (κ2) is 12.9. The Morgan fingerprint density at radius 3 is 2.18 bits per heavy atom. The average molecular weight is 521 g/mol. The molecule has 0 aliphatic carbocycles. The van der Waals surface area contributed by atoms with Crippen molar-refractivity contribution in [2.24, 2.45) is 5.92 Å². The summed E-state index contributed by atoms with van der Waals surface area (Å²) >= 11 is 0. The predicted octanol–water partition coefficient (Wildman–Crippen LogP) is 4.18. The molecule has 0 atom stereocenters. The minimum Gasteiger partial charge on any atom is -0.465 e. The summed E-state index contributed by atoms with van der Waals surface area (Å²) < 4.78 is 10.4. The van der Waals surface area contributed by atoms with E-state index in [2.05, 4.69) is 15.0 Å². The largest absolute Gasteiger partial charge is 0.465 e. The first-order chi connectivity index (χ1) is 18.2. The Morgan fingerprint density at radius 2 is 1.61 bits per heavy atom. The molecule has 0 saturated heterocycles. The van der Waals surface area contributed by atoms with Crippen LogP contribution in [0.15, 0.2) is 55.2 Å². The van der Waals surface area contributed by atoms with E-state index in [1.54, 1.807) is 44.6 Å². The second-order valence-electron chi connectivity index (χ2n) is 9.30. The van der Waals surface area contributed by atoms with Crippen molar-refractivity contribution in [2.45, 2.75) is 46.6 Å². The van der Waals surface area contributed by atoms with E-state index in [-0.39, 0.29) is 25.5 Å². The lowest BCUT2D eigenvalue weighted by atomic mass is 9.90. The van der Waals surface area contributed by atoms with Crippen LogP contribution in [0.1, 0.15) is 40.2 Å². The molecule has 2 heterocycles. The van der Waals surface area contributed by atoms with Crippen LogP contribution in [-0.2, 0) is 35.1 Å². The molecule has 0 spiro atoms. The number of hydrogen-bond donors (Lipinski definition) is 0. The maximum atomic E-state index is 12.8. The number of amides is 1. The maximum absolute atomic E-state index is 12.8. The van der Waals surface area contributed by atoms with Gasteiger partial charge in [-0.25, -0.2) is 15.0 Å². The van der Waals surface area contributed by atoms with Gasteiger partial charge in [-0.15, -0.1) is 0 Å². The Morgan fingerprint density at radius 1 is 0.947 bits per heavy atom. The third-order valence-electron chi connectivity index (χ3n) is 5.32. The minimum absolute atomic E-state index is 0.0298. The van der Waals surface area contributed by atoms with E-state index >= 15 is 0 Å². The standard InChI is InChI=1S/C28H32N4O6/c1-6-36-26(34)24(27(35)37-7-2)13-21-12-19(22-15-29-17-30-16-22)8-9-23(21)20-10-11-31-25(14-20)32(18-33)38-28(3,4)5/h8-12,14-18,24H,6-7,13H2,1-5H3. The molecule has 10 heteroatoms. The summed E-state index contributed by atoms with van der Waals surface area (Å²) in [5.41, 5.74) is 3.06. The number of hydroxylamine groups is 1. The molecule has 0 N–H and O–H groups in total. The smallest absolute Gasteiger partial charge is 0.320 e. The number of rotatable bonds is 11. The molecule has 0 aliphatic heterocycles. The van der Waals surface area contributed by atoms with Crippen LogP contribution in [0.25, 0.3) is 22.3 Å². The lowest BCUT2D eigenvalue weighted by molar-refractivity contribution is -0.161. The molecule has 0 saturated carbocycles. The van der Waals surface area contributed by atoms with E-state index in [1.807, 2.05) is 39.0 Å². The van der Waals surface area contributed by atoms with Gasteiger partial charge in [0, 0.05) is 24.2 Å². The SMILES string of the molecule is CCOC(=O)C(Cc1cc(-c2cncnc2)ccc1-c1ccnc(N(C=O)OC(C)(C)C)c1)C(=O)OCC. The van der Waals surface area contributed by atoms with Gasteiger partial charge in [-0.05, 0) is 75.4 Å². The van der Waals surface area contributed by atoms with Crippen molar-refractivity contribution in [1.29, 1.82) is 0 Å². The number of carbonyl (C=O) groups is 3. The van der Waals surface area contributed by atoms with Crippen LogP contribution in [0.4, 0.5) is 5.82 Å². The van der Waals surface area contributed by atoms with Gasteiger partial charge in [-0.2, -0.15) is 5.06 Å². The number of nitrogens with zero attached hydrogens (tertiary/aromatic N) is 4. The van der Waals surface area contributed by atoms with Crippen molar-refractivity contribution in [3.8, 4) is 22.3 Å². The van der Waals surface area contributed by atoms with Gasteiger partial charge in [0.1, 0.15) is 6.33 Å². The first-order valence-corrected chi connectivity index (χ1v) is 12.3. The zero-order valence-corrected chi connectivity index (χ0v) is 22.2. The second-order valence-corrected chi connectivity index (χ2v) is 9.30. The fourth-order valence-electron chi connectivity index (χ4n) is 3.76. The molecule has 0 radical (unpaired) electrons. The van der Waals surface area contributed by atoms with Crippen LogP contribution >= 0.6 is 0 Å². The van der Waals surface area contributed by atoms with E-state index in [1.165, 1.54) is 6.33 Å². The van der Waals surface area contributed by atoms with Crippen molar-refractivity contribution in [1.82, 2.24) is 15.0 Å². The van der Waals surface area contributed by atoms with Gasteiger partial charge in [0.15, 0.2) is 11.7 Å². The van der Waals surface area contributed by atoms with Crippen LogP contribution in [0, 0.1) is 5.92 Å². The van der Waals surface area contributed by atoms with Gasteiger partial charge >= 0.3 is 11.9 Å². The van der Waals surface area contributed by atoms with E-state index in [0.29, 0.717) is 17.5 Å². The van der Waals surface area contributed by atoms with Crippen LogP contribution in [0.5, 0.6) is 0 Å². The van der Waals surface area contributed by atoms with Gasteiger partial charge in [-0.1, -0.05) is 18.2 Å². The number of esters is 2. The monoisotopic (exact) mass is 520 g/mol. The Balaban J connectivity index is 2.12. The summed E-state index contributed by atoms with van der Waals surface area (Å²) in [5, 5.41) is 1.07.